The SMILES string of the molecule is CCCc1ccc(-c2ncnc(N)c2C(C)C)cc1. The maximum Gasteiger partial charge on any atom is 0.130 e. The van der Waals surface area contributed by atoms with E-state index < -0.39 is 0 Å². The molecule has 0 fully saturated rings. The summed E-state index contributed by atoms with van der Waals surface area (Å²) in [4.78, 5) is 8.52. The standard InChI is InChI=1S/C16H21N3/c1-4-5-12-6-8-13(9-7-12)15-14(11(2)3)16(17)19-10-18-15/h6-11H,4-5H2,1-3H3,(H2,17,18,19). The highest BCUT2D eigenvalue weighted by molar-refractivity contribution is 5.68. The van der Waals surface area contributed by atoms with Crippen molar-refractivity contribution in [2.45, 2.75) is 39.5 Å². The number of rotatable bonds is 4. The third-order valence-corrected chi connectivity index (χ3v) is 3.26. The smallest absolute Gasteiger partial charge is 0.130 e. The summed E-state index contributed by atoms with van der Waals surface area (Å²) in [5.74, 6) is 0.893. The third-order valence-electron chi connectivity index (χ3n) is 3.26. The Hall–Kier alpha value is -1.90. The van der Waals surface area contributed by atoms with Crippen LogP contribution in [0.4, 0.5) is 5.82 Å². The predicted octanol–water partition coefficient (Wildman–Crippen LogP) is 3.80. The van der Waals surface area contributed by atoms with Crippen LogP contribution < -0.4 is 5.73 Å². The summed E-state index contributed by atoms with van der Waals surface area (Å²) >= 11 is 0. The summed E-state index contributed by atoms with van der Waals surface area (Å²) in [5.41, 5.74) is 10.4. The molecule has 1 heterocycles. The maximum absolute atomic E-state index is 5.99. The van der Waals surface area contributed by atoms with E-state index in [0.717, 1.165) is 29.7 Å². The lowest BCUT2D eigenvalue weighted by atomic mass is 9.96. The Morgan fingerprint density at radius 1 is 1.11 bits per heavy atom. The van der Waals surface area contributed by atoms with Crippen LogP contribution in [0.1, 0.15) is 44.2 Å². The average molecular weight is 255 g/mol. The van der Waals surface area contributed by atoms with Crippen LogP contribution in [-0.4, -0.2) is 9.97 Å². The highest BCUT2D eigenvalue weighted by Crippen LogP contribution is 2.30. The van der Waals surface area contributed by atoms with Gasteiger partial charge in [-0.05, 0) is 17.9 Å². The Morgan fingerprint density at radius 3 is 2.37 bits per heavy atom. The minimum Gasteiger partial charge on any atom is -0.383 e. The van der Waals surface area contributed by atoms with Crippen molar-refractivity contribution in [1.82, 2.24) is 9.97 Å². The van der Waals surface area contributed by atoms with Crippen molar-refractivity contribution < 1.29 is 0 Å². The molecule has 3 nitrogen and oxygen atoms in total. The zero-order valence-electron chi connectivity index (χ0n) is 11.9. The van der Waals surface area contributed by atoms with Gasteiger partial charge in [-0.3, -0.25) is 0 Å². The number of hydrogen-bond acceptors (Lipinski definition) is 3. The number of anilines is 1. The Morgan fingerprint density at radius 2 is 1.79 bits per heavy atom. The number of nitrogens with zero attached hydrogens (tertiary/aromatic N) is 2. The highest BCUT2D eigenvalue weighted by Gasteiger charge is 2.14. The Kier molecular flexibility index (Phi) is 4.15. The van der Waals surface area contributed by atoms with Gasteiger partial charge in [-0.15, -0.1) is 0 Å². The summed E-state index contributed by atoms with van der Waals surface area (Å²) in [6.45, 7) is 6.42. The van der Waals surface area contributed by atoms with E-state index in [2.05, 4.69) is 55.0 Å². The first-order chi connectivity index (χ1) is 9.13. The Balaban J connectivity index is 2.44. The molecule has 0 atom stereocenters. The molecule has 0 aliphatic rings. The maximum atomic E-state index is 5.99. The molecule has 19 heavy (non-hydrogen) atoms. The van der Waals surface area contributed by atoms with E-state index in [-0.39, 0.29) is 0 Å². The molecular formula is C16H21N3. The summed E-state index contributed by atoms with van der Waals surface area (Å²) < 4.78 is 0. The molecule has 0 aliphatic carbocycles. The fraction of sp³-hybridized carbons (Fsp3) is 0.375. The molecule has 0 saturated carbocycles. The van der Waals surface area contributed by atoms with Crippen molar-refractivity contribution >= 4 is 5.82 Å². The predicted molar refractivity (Wildman–Crippen MR) is 80.0 cm³/mol. The summed E-state index contributed by atoms with van der Waals surface area (Å²) in [6.07, 6.45) is 3.82. The third kappa shape index (κ3) is 2.92. The first-order valence-electron chi connectivity index (χ1n) is 6.83. The highest BCUT2D eigenvalue weighted by atomic mass is 14.9. The van der Waals surface area contributed by atoms with Crippen LogP contribution in [-0.2, 0) is 6.42 Å². The summed E-state index contributed by atoms with van der Waals surface area (Å²) in [5, 5.41) is 0. The largest absolute Gasteiger partial charge is 0.383 e. The van der Waals surface area contributed by atoms with Crippen molar-refractivity contribution in [2.75, 3.05) is 5.73 Å². The normalized spacial score (nSPS) is 10.9. The number of nitrogens with two attached hydrogens (primary N) is 1. The minimum atomic E-state index is 0.312. The molecule has 1 aromatic carbocycles. The van der Waals surface area contributed by atoms with Gasteiger partial charge >= 0.3 is 0 Å². The van der Waals surface area contributed by atoms with Gasteiger partial charge in [-0.1, -0.05) is 51.5 Å². The summed E-state index contributed by atoms with van der Waals surface area (Å²) in [7, 11) is 0. The fourth-order valence-electron chi connectivity index (χ4n) is 2.33. The fourth-order valence-corrected chi connectivity index (χ4v) is 2.33. The average Bonchev–Trinajstić information content (AvgIpc) is 2.39. The molecular weight excluding hydrogens is 234 g/mol. The quantitative estimate of drug-likeness (QED) is 0.904. The number of aromatic nitrogens is 2. The van der Waals surface area contributed by atoms with E-state index in [1.807, 2.05) is 0 Å². The van der Waals surface area contributed by atoms with E-state index in [1.54, 1.807) is 0 Å². The van der Waals surface area contributed by atoms with Crippen molar-refractivity contribution in [3.8, 4) is 11.3 Å². The molecule has 2 aromatic rings. The topological polar surface area (TPSA) is 51.8 Å². The molecule has 2 rings (SSSR count). The van der Waals surface area contributed by atoms with E-state index in [1.165, 1.54) is 11.9 Å². The molecule has 3 heteroatoms. The number of nitrogen functional groups attached to an aromatic ring is 1. The number of hydrogen-bond donors (Lipinski definition) is 1. The van der Waals surface area contributed by atoms with Gasteiger partial charge in [-0.25, -0.2) is 9.97 Å². The van der Waals surface area contributed by atoms with Crippen LogP contribution in [0.5, 0.6) is 0 Å². The first-order valence-corrected chi connectivity index (χ1v) is 6.83. The van der Waals surface area contributed by atoms with E-state index in [0.29, 0.717) is 11.7 Å². The molecule has 0 unspecified atom stereocenters. The minimum absolute atomic E-state index is 0.312. The Labute approximate surface area is 114 Å². The molecule has 0 spiro atoms. The van der Waals surface area contributed by atoms with E-state index >= 15 is 0 Å². The molecule has 0 aliphatic heterocycles. The van der Waals surface area contributed by atoms with Crippen molar-refractivity contribution in [1.29, 1.82) is 0 Å². The second-order valence-electron chi connectivity index (χ2n) is 5.12. The second-order valence-corrected chi connectivity index (χ2v) is 5.12. The number of aryl methyl sites for hydroxylation is 1. The summed E-state index contributed by atoms with van der Waals surface area (Å²) in [6, 6.07) is 8.58. The lowest BCUT2D eigenvalue weighted by Gasteiger charge is -2.13. The molecule has 0 bridgehead atoms. The van der Waals surface area contributed by atoms with E-state index in [4.69, 9.17) is 5.73 Å². The van der Waals surface area contributed by atoms with Gasteiger partial charge in [0.05, 0.1) is 5.69 Å². The van der Waals surface area contributed by atoms with Gasteiger partial charge in [0.25, 0.3) is 0 Å². The molecule has 0 saturated heterocycles. The molecule has 0 radical (unpaired) electrons. The zero-order chi connectivity index (χ0) is 13.8. The van der Waals surface area contributed by atoms with Crippen LogP contribution in [0.25, 0.3) is 11.3 Å². The van der Waals surface area contributed by atoms with Crippen LogP contribution in [0.15, 0.2) is 30.6 Å². The molecule has 100 valence electrons. The lowest BCUT2D eigenvalue weighted by Crippen LogP contribution is -2.04. The van der Waals surface area contributed by atoms with Crippen LogP contribution >= 0.6 is 0 Å². The van der Waals surface area contributed by atoms with Crippen molar-refractivity contribution in [2.24, 2.45) is 0 Å². The van der Waals surface area contributed by atoms with Gasteiger partial charge in [0.2, 0.25) is 0 Å². The van der Waals surface area contributed by atoms with Gasteiger partial charge < -0.3 is 5.73 Å². The lowest BCUT2D eigenvalue weighted by molar-refractivity contribution is 0.854. The van der Waals surface area contributed by atoms with Gasteiger partial charge in [0, 0.05) is 11.1 Å². The van der Waals surface area contributed by atoms with E-state index in [9.17, 15) is 0 Å². The van der Waals surface area contributed by atoms with Crippen LogP contribution in [0, 0.1) is 0 Å². The molecule has 0 amide bonds. The monoisotopic (exact) mass is 255 g/mol. The van der Waals surface area contributed by atoms with Crippen LogP contribution in [0.2, 0.25) is 0 Å². The Bertz CT molecular complexity index is 544. The van der Waals surface area contributed by atoms with Crippen molar-refractivity contribution in [3.63, 3.8) is 0 Å². The zero-order valence-corrected chi connectivity index (χ0v) is 11.9. The number of benzene rings is 1. The van der Waals surface area contributed by atoms with Gasteiger partial charge in [-0.2, -0.15) is 0 Å². The van der Waals surface area contributed by atoms with Gasteiger partial charge in [0.15, 0.2) is 0 Å². The first kappa shape index (κ1) is 13.5. The molecule has 2 N–H and O–H groups in total. The van der Waals surface area contributed by atoms with Crippen molar-refractivity contribution in [3.05, 3.63) is 41.7 Å². The van der Waals surface area contributed by atoms with Gasteiger partial charge in [0.1, 0.15) is 12.1 Å². The second kappa shape index (κ2) is 5.83. The molecule has 1 aromatic heterocycles. The van der Waals surface area contributed by atoms with Crippen LogP contribution in [0.3, 0.4) is 0 Å².